The van der Waals surface area contributed by atoms with Crippen molar-refractivity contribution in [2.24, 2.45) is 0 Å². The lowest BCUT2D eigenvalue weighted by Crippen LogP contribution is -2.41. The van der Waals surface area contributed by atoms with Gasteiger partial charge in [-0.1, -0.05) is 54.1 Å². The zero-order valence-electron chi connectivity index (χ0n) is 14.9. The van der Waals surface area contributed by atoms with Crippen LogP contribution in [0.25, 0.3) is 0 Å². The minimum Gasteiger partial charge on any atom is -0.399 e. The van der Waals surface area contributed by atoms with Crippen LogP contribution in [0.1, 0.15) is 49.2 Å². The second-order valence-electron chi connectivity index (χ2n) is 7.41. The molecule has 0 bridgehead atoms. The highest BCUT2D eigenvalue weighted by Crippen LogP contribution is 2.36. The quantitative estimate of drug-likeness (QED) is 0.641. The summed E-state index contributed by atoms with van der Waals surface area (Å²) < 4.78 is 12.1. The van der Waals surface area contributed by atoms with Crippen molar-refractivity contribution in [3.8, 4) is 0 Å². The molecule has 0 aliphatic carbocycles. The molecule has 3 rings (SSSR count). The predicted octanol–water partition coefficient (Wildman–Crippen LogP) is 3.53. The fourth-order valence-corrected chi connectivity index (χ4v) is 2.64. The van der Waals surface area contributed by atoms with Gasteiger partial charge in [-0.3, -0.25) is 4.79 Å². The summed E-state index contributed by atoms with van der Waals surface area (Å²) in [5, 5.41) is 0. The van der Waals surface area contributed by atoms with E-state index in [1.165, 1.54) is 0 Å². The summed E-state index contributed by atoms with van der Waals surface area (Å²) >= 11 is 0. The van der Waals surface area contributed by atoms with Crippen LogP contribution >= 0.6 is 0 Å². The minimum atomic E-state index is -0.404. The predicted molar refractivity (Wildman–Crippen MR) is 96.8 cm³/mol. The number of benzene rings is 2. The second kappa shape index (κ2) is 5.87. The molecule has 4 heteroatoms. The Hall–Kier alpha value is -1.91. The molecule has 1 aliphatic rings. The van der Waals surface area contributed by atoms with Crippen molar-refractivity contribution in [2.45, 2.75) is 45.8 Å². The number of carbonyl (C=O) groups excluding carboxylic acids is 1. The number of hydrogen-bond donors (Lipinski definition) is 0. The van der Waals surface area contributed by atoms with Gasteiger partial charge in [0.1, 0.15) is 0 Å². The van der Waals surface area contributed by atoms with Crippen LogP contribution < -0.4 is 5.46 Å². The summed E-state index contributed by atoms with van der Waals surface area (Å²) in [6.07, 6.45) is 0. The maximum atomic E-state index is 12.5. The largest absolute Gasteiger partial charge is 0.494 e. The van der Waals surface area contributed by atoms with Crippen molar-refractivity contribution >= 4 is 18.4 Å². The van der Waals surface area contributed by atoms with Crippen LogP contribution in [0.3, 0.4) is 0 Å². The highest BCUT2D eigenvalue weighted by molar-refractivity contribution is 6.62. The maximum Gasteiger partial charge on any atom is 0.494 e. The first-order chi connectivity index (χ1) is 11.2. The van der Waals surface area contributed by atoms with Crippen LogP contribution in [0.5, 0.6) is 0 Å². The lowest BCUT2D eigenvalue weighted by molar-refractivity contribution is 0.00578. The third-order valence-electron chi connectivity index (χ3n) is 5.01. The normalized spacial score (nSPS) is 18.6. The van der Waals surface area contributed by atoms with E-state index in [1.807, 2.05) is 83.1 Å². The molecule has 0 N–H and O–H groups in total. The Morgan fingerprint density at radius 3 is 1.67 bits per heavy atom. The first kappa shape index (κ1) is 16.9. The van der Waals surface area contributed by atoms with Crippen molar-refractivity contribution in [2.75, 3.05) is 0 Å². The molecule has 3 nitrogen and oxygen atoms in total. The molecule has 2 aromatic carbocycles. The Bertz CT molecular complexity index is 729. The van der Waals surface area contributed by atoms with Gasteiger partial charge in [-0.2, -0.15) is 0 Å². The summed E-state index contributed by atoms with van der Waals surface area (Å²) in [7, 11) is -0.404. The second-order valence-corrected chi connectivity index (χ2v) is 7.41. The summed E-state index contributed by atoms with van der Waals surface area (Å²) in [5.74, 6) is 0.0236. The molecule has 1 saturated heterocycles. The Morgan fingerprint density at radius 2 is 1.21 bits per heavy atom. The van der Waals surface area contributed by atoms with Crippen molar-refractivity contribution < 1.29 is 14.1 Å². The van der Waals surface area contributed by atoms with Crippen molar-refractivity contribution in [1.29, 1.82) is 0 Å². The van der Waals surface area contributed by atoms with Crippen molar-refractivity contribution in [3.63, 3.8) is 0 Å². The van der Waals surface area contributed by atoms with E-state index in [9.17, 15) is 4.79 Å². The molecule has 24 heavy (non-hydrogen) atoms. The monoisotopic (exact) mass is 322 g/mol. The standard InChI is InChI=1S/C20H23BO3/c1-14-6-8-15(9-7-14)18(22)16-10-12-17(13-11-16)21-23-19(2,3)20(4,5)24-21/h6-13H,1-5H3. The van der Waals surface area contributed by atoms with Gasteiger partial charge in [0.15, 0.2) is 5.78 Å². The first-order valence-corrected chi connectivity index (χ1v) is 8.27. The molecule has 0 spiro atoms. The SMILES string of the molecule is Cc1ccc(C(=O)c2ccc(B3OC(C)(C)C(C)(C)O3)cc2)cc1. The average molecular weight is 322 g/mol. The zero-order chi connectivity index (χ0) is 17.5. The molecule has 0 amide bonds. The van der Waals surface area contributed by atoms with Crippen LogP contribution in [0.4, 0.5) is 0 Å². The maximum absolute atomic E-state index is 12.5. The summed E-state index contributed by atoms with van der Waals surface area (Å²) in [4.78, 5) is 12.5. The first-order valence-electron chi connectivity index (χ1n) is 8.27. The van der Waals surface area contributed by atoms with E-state index in [-0.39, 0.29) is 17.0 Å². The van der Waals surface area contributed by atoms with Gasteiger partial charge in [0.25, 0.3) is 0 Å². The highest BCUT2D eigenvalue weighted by Gasteiger charge is 2.51. The van der Waals surface area contributed by atoms with Crippen LogP contribution in [-0.4, -0.2) is 24.1 Å². The number of rotatable bonds is 3. The van der Waals surface area contributed by atoms with E-state index < -0.39 is 7.12 Å². The Balaban J connectivity index is 1.79. The van der Waals surface area contributed by atoms with Crippen LogP contribution in [-0.2, 0) is 9.31 Å². The topological polar surface area (TPSA) is 35.5 Å². The van der Waals surface area contributed by atoms with Gasteiger partial charge in [-0.25, -0.2) is 0 Å². The van der Waals surface area contributed by atoms with E-state index in [0.717, 1.165) is 11.0 Å². The van der Waals surface area contributed by atoms with E-state index in [2.05, 4.69) is 0 Å². The molecule has 124 valence electrons. The van der Waals surface area contributed by atoms with Crippen LogP contribution in [0.2, 0.25) is 0 Å². The average Bonchev–Trinajstić information content (AvgIpc) is 2.76. The fraction of sp³-hybridized carbons (Fsp3) is 0.350. The molecule has 2 aromatic rings. The number of aryl methyl sites for hydroxylation is 1. The van der Waals surface area contributed by atoms with E-state index in [4.69, 9.17) is 9.31 Å². The molecule has 1 heterocycles. The molecular weight excluding hydrogens is 299 g/mol. The minimum absolute atomic E-state index is 0.0236. The van der Waals surface area contributed by atoms with Gasteiger partial charge in [-0.05, 0) is 40.1 Å². The summed E-state index contributed by atoms with van der Waals surface area (Å²) in [6.45, 7) is 10.1. The summed E-state index contributed by atoms with van der Waals surface area (Å²) in [5.41, 5.74) is 2.70. The van der Waals surface area contributed by atoms with Crippen molar-refractivity contribution in [1.82, 2.24) is 0 Å². The van der Waals surface area contributed by atoms with Crippen LogP contribution in [0.15, 0.2) is 48.5 Å². The van der Waals surface area contributed by atoms with Gasteiger partial charge < -0.3 is 9.31 Å². The van der Waals surface area contributed by atoms with E-state index in [1.54, 1.807) is 0 Å². The smallest absolute Gasteiger partial charge is 0.399 e. The van der Waals surface area contributed by atoms with E-state index >= 15 is 0 Å². The fourth-order valence-electron chi connectivity index (χ4n) is 2.64. The third kappa shape index (κ3) is 3.04. The molecule has 0 saturated carbocycles. The molecule has 1 fully saturated rings. The third-order valence-corrected chi connectivity index (χ3v) is 5.01. The highest BCUT2D eigenvalue weighted by atomic mass is 16.7. The molecule has 0 aromatic heterocycles. The lowest BCUT2D eigenvalue weighted by Gasteiger charge is -2.32. The van der Waals surface area contributed by atoms with Gasteiger partial charge in [0.05, 0.1) is 11.2 Å². The Labute approximate surface area is 144 Å². The van der Waals surface area contributed by atoms with E-state index in [0.29, 0.717) is 11.1 Å². The molecule has 0 atom stereocenters. The number of carbonyl (C=O) groups is 1. The Kier molecular flexibility index (Phi) is 4.14. The van der Waals surface area contributed by atoms with Gasteiger partial charge in [0, 0.05) is 11.1 Å². The van der Waals surface area contributed by atoms with Gasteiger partial charge in [0.2, 0.25) is 0 Å². The Morgan fingerprint density at radius 1 is 0.792 bits per heavy atom. The molecular formula is C20H23BO3. The number of hydrogen-bond acceptors (Lipinski definition) is 3. The lowest BCUT2D eigenvalue weighted by atomic mass is 9.78. The summed E-state index contributed by atoms with van der Waals surface area (Å²) in [6, 6.07) is 15.1. The molecule has 1 aliphatic heterocycles. The number of ketones is 1. The van der Waals surface area contributed by atoms with Gasteiger partial charge >= 0.3 is 7.12 Å². The van der Waals surface area contributed by atoms with Crippen molar-refractivity contribution in [3.05, 3.63) is 65.2 Å². The zero-order valence-corrected chi connectivity index (χ0v) is 14.9. The molecule has 0 radical (unpaired) electrons. The van der Waals surface area contributed by atoms with Crippen LogP contribution in [0, 0.1) is 6.92 Å². The molecule has 0 unspecified atom stereocenters. The van der Waals surface area contributed by atoms with Gasteiger partial charge in [-0.15, -0.1) is 0 Å².